The van der Waals surface area contributed by atoms with Crippen molar-refractivity contribution in [3.63, 3.8) is 0 Å². The average molecular weight is 861 g/mol. The number of rotatable bonds is 10. The molecule has 17 heteroatoms. The Morgan fingerprint density at radius 2 is 1.46 bits per heavy atom. The number of aromatic nitrogens is 4. The first-order valence-electron chi connectivity index (χ1n) is 21.1. The molecule has 6 amide bonds. The molecule has 1 aliphatic rings. The van der Waals surface area contributed by atoms with Gasteiger partial charge >= 0.3 is 0 Å². The molecular formula is C46H56N10O7. The monoisotopic (exact) mass is 860 g/mol. The summed E-state index contributed by atoms with van der Waals surface area (Å²) in [6, 6.07) is 14.4. The minimum atomic E-state index is -1.21. The highest BCUT2D eigenvalue weighted by atomic mass is 16.5. The molecule has 1 fully saturated rings. The van der Waals surface area contributed by atoms with Crippen LogP contribution in [0.15, 0.2) is 85.3 Å². The molecule has 1 aliphatic heterocycles. The number of methoxy groups -OCH3 is 1. The van der Waals surface area contributed by atoms with Crippen molar-refractivity contribution in [1.29, 1.82) is 0 Å². The molecule has 332 valence electrons. The fourth-order valence-corrected chi connectivity index (χ4v) is 7.44. The number of hydrogen-bond acceptors (Lipinski definition) is 9. The van der Waals surface area contributed by atoms with Gasteiger partial charge in [-0.3, -0.25) is 38.8 Å². The standard InChI is InChI=1S/C46H56N10O7/c1-26(2)19-36-44(60)52-37(20-29-11-13-32(63-6)14-12-29)43(59)49-28(5)42(58)53-40(27(3)4)24-56(46(62)39-22-35(54-55-39)30-15-17-47-18-16-30)25-41(57)50-38(45(61)51-36)21-31-23-48-34-10-8-7-9-33(31)34/h7-18,22-23,26-28,36-38,40,48H,19-21,24-25H2,1-6H3,(H,49,59)(H,50,57)(H,51,61)(H,52,60)(H,53,58)(H,54,55)/t28-,36+,37+,38-,40-/m1/s1. The number of aromatic amines is 2. The van der Waals surface area contributed by atoms with Gasteiger partial charge in [0, 0.05) is 60.5 Å². The van der Waals surface area contributed by atoms with Crippen LogP contribution in [-0.2, 0) is 36.8 Å². The minimum Gasteiger partial charge on any atom is -0.497 e. The molecule has 17 nitrogen and oxygen atoms in total. The van der Waals surface area contributed by atoms with Crippen molar-refractivity contribution in [3.8, 4) is 17.0 Å². The van der Waals surface area contributed by atoms with Crippen molar-refractivity contribution in [2.75, 3.05) is 20.2 Å². The van der Waals surface area contributed by atoms with Crippen LogP contribution in [0.1, 0.15) is 62.7 Å². The van der Waals surface area contributed by atoms with Crippen molar-refractivity contribution >= 4 is 46.3 Å². The number of amides is 6. The van der Waals surface area contributed by atoms with E-state index in [2.05, 4.69) is 46.7 Å². The van der Waals surface area contributed by atoms with Crippen LogP contribution in [-0.4, -0.2) is 111 Å². The van der Waals surface area contributed by atoms with E-state index < -0.39 is 72.2 Å². The topological polar surface area (TPSA) is 232 Å². The molecule has 6 rings (SSSR count). The molecule has 3 aromatic heterocycles. The summed E-state index contributed by atoms with van der Waals surface area (Å²) in [6.07, 6.45) is 5.26. The molecule has 63 heavy (non-hydrogen) atoms. The average Bonchev–Trinajstić information content (AvgIpc) is 3.93. The second kappa shape index (κ2) is 20.7. The lowest BCUT2D eigenvalue weighted by atomic mass is 9.99. The summed E-state index contributed by atoms with van der Waals surface area (Å²) in [5, 5.41) is 22.3. The van der Waals surface area contributed by atoms with Crippen LogP contribution in [0.3, 0.4) is 0 Å². The molecule has 5 atom stereocenters. The van der Waals surface area contributed by atoms with Crippen molar-refractivity contribution in [3.05, 3.63) is 102 Å². The molecule has 0 radical (unpaired) electrons. The summed E-state index contributed by atoms with van der Waals surface area (Å²) in [7, 11) is 1.54. The van der Waals surface area contributed by atoms with E-state index in [0.717, 1.165) is 16.5 Å². The van der Waals surface area contributed by atoms with E-state index in [-0.39, 0.29) is 43.3 Å². The maximum Gasteiger partial charge on any atom is 0.272 e. The van der Waals surface area contributed by atoms with Crippen molar-refractivity contribution in [1.82, 2.24) is 51.6 Å². The molecule has 5 aromatic rings. The lowest BCUT2D eigenvalue weighted by Gasteiger charge is -2.32. The zero-order valence-electron chi connectivity index (χ0n) is 36.4. The Kier molecular flexibility index (Phi) is 14.9. The molecule has 0 bridgehead atoms. The predicted molar refractivity (Wildman–Crippen MR) is 236 cm³/mol. The van der Waals surface area contributed by atoms with Crippen molar-refractivity contribution in [2.45, 2.75) is 84.1 Å². The first-order chi connectivity index (χ1) is 30.2. The molecular weight excluding hydrogens is 805 g/mol. The van der Waals surface area contributed by atoms with E-state index in [1.165, 1.54) is 11.8 Å². The summed E-state index contributed by atoms with van der Waals surface area (Å²) >= 11 is 0. The molecule has 4 heterocycles. The maximum absolute atomic E-state index is 14.5. The second-order valence-corrected chi connectivity index (χ2v) is 16.7. The van der Waals surface area contributed by atoms with Gasteiger partial charge in [-0.2, -0.15) is 5.10 Å². The Morgan fingerprint density at radius 1 is 0.794 bits per heavy atom. The number of para-hydroxylation sites is 1. The number of H-pyrrole nitrogens is 2. The number of carbonyl (C=O) groups excluding carboxylic acids is 6. The number of nitrogens with zero attached hydrogens (tertiary/aromatic N) is 3. The van der Waals surface area contributed by atoms with Gasteiger partial charge in [-0.1, -0.05) is 58.0 Å². The number of hydrogen-bond donors (Lipinski definition) is 7. The first kappa shape index (κ1) is 45.5. The molecule has 0 saturated carbocycles. The fourth-order valence-electron chi connectivity index (χ4n) is 7.44. The normalized spacial score (nSPS) is 20.9. The van der Waals surface area contributed by atoms with Gasteiger partial charge in [-0.15, -0.1) is 0 Å². The van der Waals surface area contributed by atoms with Crippen LogP contribution in [0.4, 0.5) is 0 Å². The van der Waals surface area contributed by atoms with Gasteiger partial charge in [-0.05, 0) is 72.7 Å². The third-order valence-electron chi connectivity index (χ3n) is 11.0. The van der Waals surface area contributed by atoms with Crippen LogP contribution in [0, 0.1) is 11.8 Å². The van der Waals surface area contributed by atoms with Crippen LogP contribution in [0.2, 0.25) is 0 Å². The molecule has 0 aliphatic carbocycles. The van der Waals surface area contributed by atoms with Gasteiger partial charge in [-0.25, -0.2) is 0 Å². The number of benzene rings is 2. The summed E-state index contributed by atoms with van der Waals surface area (Å²) in [5.74, 6) is -3.38. The highest BCUT2D eigenvalue weighted by Crippen LogP contribution is 2.21. The third kappa shape index (κ3) is 11.9. The van der Waals surface area contributed by atoms with Crippen LogP contribution in [0.25, 0.3) is 22.2 Å². The molecule has 2 aromatic carbocycles. The van der Waals surface area contributed by atoms with E-state index in [4.69, 9.17) is 4.74 Å². The quantitative estimate of drug-likeness (QED) is 0.109. The van der Waals surface area contributed by atoms with Gasteiger partial charge in [0.1, 0.15) is 35.6 Å². The Hall–Kier alpha value is -7.04. The minimum absolute atomic E-state index is 0.0342. The van der Waals surface area contributed by atoms with Gasteiger partial charge in [0.2, 0.25) is 29.5 Å². The smallest absolute Gasteiger partial charge is 0.272 e. The molecule has 0 unspecified atom stereocenters. The van der Waals surface area contributed by atoms with Crippen LogP contribution >= 0.6 is 0 Å². The number of pyridine rings is 1. The lowest BCUT2D eigenvalue weighted by molar-refractivity contribution is -0.135. The first-order valence-corrected chi connectivity index (χ1v) is 21.1. The van der Waals surface area contributed by atoms with Crippen LogP contribution in [0.5, 0.6) is 5.75 Å². The third-order valence-corrected chi connectivity index (χ3v) is 11.0. The van der Waals surface area contributed by atoms with Crippen molar-refractivity contribution < 1.29 is 33.5 Å². The van der Waals surface area contributed by atoms with E-state index in [1.54, 1.807) is 68.2 Å². The Labute approximate surface area is 365 Å². The summed E-state index contributed by atoms with van der Waals surface area (Å²) in [4.78, 5) is 93.9. The molecule has 1 saturated heterocycles. The second-order valence-electron chi connectivity index (χ2n) is 16.7. The Bertz CT molecular complexity index is 2390. The summed E-state index contributed by atoms with van der Waals surface area (Å²) in [5.41, 5.74) is 3.55. The van der Waals surface area contributed by atoms with E-state index in [9.17, 15) is 28.8 Å². The predicted octanol–water partition coefficient (Wildman–Crippen LogP) is 3.05. The lowest BCUT2D eigenvalue weighted by Crippen LogP contribution is -2.60. The number of nitrogens with one attached hydrogen (secondary N) is 7. The molecule has 0 spiro atoms. The largest absolute Gasteiger partial charge is 0.497 e. The number of fused-ring (bicyclic) bond motifs is 1. The highest BCUT2D eigenvalue weighted by Gasteiger charge is 2.34. The zero-order valence-corrected chi connectivity index (χ0v) is 36.4. The van der Waals surface area contributed by atoms with Crippen molar-refractivity contribution in [2.24, 2.45) is 11.8 Å². The van der Waals surface area contributed by atoms with Crippen LogP contribution < -0.4 is 31.3 Å². The van der Waals surface area contributed by atoms with E-state index in [0.29, 0.717) is 22.6 Å². The Balaban J connectivity index is 1.38. The van der Waals surface area contributed by atoms with Gasteiger partial charge in [0.05, 0.1) is 19.3 Å². The van der Waals surface area contributed by atoms with Gasteiger partial charge < -0.3 is 41.2 Å². The maximum atomic E-state index is 14.5. The fraction of sp³-hybridized carbons (Fsp3) is 0.391. The zero-order chi connectivity index (χ0) is 45.2. The Morgan fingerprint density at radius 3 is 2.16 bits per heavy atom. The number of carbonyl (C=O) groups is 6. The SMILES string of the molecule is COc1ccc(C[C@@H]2NC(=O)[C@H](CC(C)C)NC(=O)[C@@H](Cc3c[nH]c4ccccc34)NC(=O)CN(C(=O)c3cc(-c4ccncc4)n[nH]3)C[C@H](C(C)C)NC(=O)[C@@H](C)NC2=O)cc1. The molecule has 7 N–H and O–H groups in total. The number of ether oxygens (including phenoxy) is 1. The summed E-state index contributed by atoms with van der Waals surface area (Å²) in [6.45, 7) is 8.40. The summed E-state index contributed by atoms with van der Waals surface area (Å²) < 4.78 is 5.30. The van der Waals surface area contributed by atoms with Gasteiger partial charge in [0.15, 0.2) is 0 Å². The van der Waals surface area contributed by atoms with E-state index in [1.807, 2.05) is 52.0 Å². The highest BCUT2D eigenvalue weighted by molar-refractivity contribution is 5.98. The van der Waals surface area contributed by atoms with E-state index >= 15 is 0 Å². The van der Waals surface area contributed by atoms with Gasteiger partial charge in [0.25, 0.3) is 5.91 Å².